The molecule has 1 N–H and O–H groups in total. The van der Waals surface area contributed by atoms with Crippen molar-refractivity contribution in [1.29, 1.82) is 0 Å². The first-order valence-electron chi connectivity index (χ1n) is 5.69. The molecule has 0 bridgehead atoms. The third-order valence-corrected chi connectivity index (χ3v) is 3.38. The standard InChI is InChI=1S/C13H16BrN3/c1-3-15-13(12-8-9-17(2)16-12)10-6-4-5-7-11(10)14/h4-9,13,15H,3H2,1-2H3. The maximum Gasteiger partial charge on any atom is 0.0839 e. The second-order valence-corrected chi connectivity index (χ2v) is 4.78. The highest BCUT2D eigenvalue weighted by Gasteiger charge is 2.17. The summed E-state index contributed by atoms with van der Waals surface area (Å²) in [7, 11) is 1.94. The molecule has 4 heteroatoms. The van der Waals surface area contributed by atoms with Gasteiger partial charge in [0.25, 0.3) is 0 Å². The maximum absolute atomic E-state index is 4.48. The van der Waals surface area contributed by atoms with Crippen LogP contribution in [0.2, 0.25) is 0 Å². The maximum atomic E-state index is 4.48. The Morgan fingerprint density at radius 1 is 1.35 bits per heavy atom. The molecule has 1 atom stereocenters. The van der Waals surface area contributed by atoms with Gasteiger partial charge < -0.3 is 5.32 Å². The Morgan fingerprint density at radius 2 is 2.12 bits per heavy atom. The Kier molecular flexibility index (Phi) is 3.97. The summed E-state index contributed by atoms with van der Waals surface area (Å²) in [6.07, 6.45) is 1.97. The van der Waals surface area contributed by atoms with Crippen molar-refractivity contribution in [2.75, 3.05) is 6.54 Å². The fourth-order valence-electron chi connectivity index (χ4n) is 1.87. The Morgan fingerprint density at radius 3 is 2.71 bits per heavy atom. The lowest BCUT2D eigenvalue weighted by Crippen LogP contribution is -2.23. The zero-order valence-electron chi connectivity index (χ0n) is 10.0. The molecule has 1 aromatic heterocycles. The molecule has 17 heavy (non-hydrogen) atoms. The van der Waals surface area contributed by atoms with E-state index >= 15 is 0 Å². The monoisotopic (exact) mass is 293 g/mol. The minimum atomic E-state index is 0.136. The highest BCUT2D eigenvalue weighted by Crippen LogP contribution is 2.27. The molecule has 2 rings (SSSR count). The number of nitrogens with zero attached hydrogens (tertiary/aromatic N) is 2. The molecule has 0 spiro atoms. The lowest BCUT2D eigenvalue weighted by molar-refractivity contribution is 0.598. The van der Waals surface area contributed by atoms with Gasteiger partial charge in [0.15, 0.2) is 0 Å². The average Bonchev–Trinajstić information content (AvgIpc) is 2.74. The van der Waals surface area contributed by atoms with Crippen molar-refractivity contribution in [3.63, 3.8) is 0 Å². The first kappa shape index (κ1) is 12.3. The number of nitrogens with one attached hydrogen (secondary N) is 1. The van der Waals surface area contributed by atoms with Crippen LogP contribution in [0.15, 0.2) is 41.0 Å². The first-order valence-corrected chi connectivity index (χ1v) is 6.49. The van der Waals surface area contributed by atoms with Crippen molar-refractivity contribution in [3.8, 4) is 0 Å². The molecular weight excluding hydrogens is 278 g/mol. The van der Waals surface area contributed by atoms with E-state index < -0.39 is 0 Å². The molecule has 90 valence electrons. The van der Waals surface area contributed by atoms with Gasteiger partial charge in [-0.1, -0.05) is 41.1 Å². The Bertz CT molecular complexity index is 493. The zero-order valence-corrected chi connectivity index (χ0v) is 11.6. The van der Waals surface area contributed by atoms with Crippen molar-refractivity contribution in [1.82, 2.24) is 15.1 Å². The van der Waals surface area contributed by atoms with E-state index in [2.05, 4.69) is 45.4 Å². The minimum Gasteiger partial charge on any atom is -0.305 e. The van der Waals surface area contributed by atoms with E-state index in [1.165, 1.54) is 5.56 Å². The second-order valence-electron chi connectivity index (χ2n) is 3.93. The third-order valence-electron chi connectivity index (χ3n) is 2.65. The lowest BCUT2D eigenvalue weighted by Gasteiger charge is -2.17. The van der Waals surface area contributed by atoms with Gasteiger partial charge in [0, 0.05) is 17.7 Å². The van der Waals surface area contributed by atoms with Crippen LogP contribution in [0.5, 0.6) is 0 Å². The number of aryl methyl sites for hydroxylation is 1. The van der Waals surface area contributed by atoms with Crippen LogP contribution in [0, 0.1) is 0 Å². The second kappa shape index (κ2) is 5.47. The van der Waals surface area contributed by atoms with Gasteiger partial charge in [0.05, 0.1) is 11.7 Å². The van der Waals surface area contributed by atoms with Gasteiger partial charge in [0.2, 0.25) is 0 Å². The summed E-state index contributed by atoms with van der Waals surface area (Å²) in [5.74, 6) is 0. The van der Waals surface area contributed by atoms with Crippen LogP contribution in [-0.2, 0) is 7.05 Å². The first-order chi connectivity index (χ1) is 8.22. The predicted molar refractivity (Wildman–Crippen MR) is 72.9 cm³/mol. The predicted octanol–water partition coefficient (Wildman–Crippen LogP) is 2.88. The van der Waals surface area contributed by atoms with Crippen LogP contribution in [0.4, 0.5) is 0 Å². The van der Waals surface area contributed by atoms with E-state index in [0.29, 0.717) is 0 Å². The fraction of sp³-hybridized carbons (Fsp3) is 0.308. The summed E-state index contributed by atoms with van der Waals surface area (Å²) in [4.78, 5) is 0. The SMILES string of the molecule is CCNC(c1ccn(C)n1)c1ccccc1Br. The van der Waals surface area contributed by atoms with Crippen LogP contribution in [-0.4, -0.2) is 16.3 Å². The highest BCUT2D eigenvalue weighted by molar-refractivity contribution is 9.10. The molecule has 0 saturated carbocycles. The van der Waals surface area contributed by atoms with Crippen LogP contribution >= 0.6 is 15.9 Å². The van der Waals surface area contributed by atoms with Crippen LogP contribution in [0.1, 0.15) is 24.2 Å². The Labute approximate surface area is 110 Å². The molecule has 1 aromatic carbocycles. The molecule has 0 amide bonds. The molecule has 0 radical (unpaired) electrons. The molecule has 2 aromatic rings. The van der Waals surface area contributed by atoms with Crippen LogP contribution in [0.3, 0.4) is 0 Å². The summed E-state index contributed by atoms with van der Waals surface area (Å²) >= 11 is 3.60. The molecule has 0 aliphatic carbocycles. The van der Waals surface area contributed by atoms with Gasteiger partial charge in [-0.2, -0.15) is 5.10 Å². The summed E-state index contributed by atoms with van der Waals surface area (Å²) in [5, 5.41) is 7.94. The average molecular weight is 294 g/mol. The zero-order chi connectivity index (χ0) is 12.3. The molecule has 1 unspecified atom stereocenters. The fourth-order valence-corrected chi connectivity index (χ4v) is 2.39. The number of aromatic nitrogens is 2. The molecule has 0 aliphatic rings. The van der Waals surface area contributed by atoms with Crippen molar-refractivity contribution in [2.45, 2.75) is 13.0 Å². The number of hydrogen-bond donors (Lipinski definition) is 1. The van der Waals surface area contributed by atoms with Gasteiger partial charge >= 0.3 is 0 Å². The highest BCUT2D eigenvalue weighted by atomic mass is 79.9. The molecule has 0 saturated heterocycles. The minimum absolute atomic E-state index is 0.136. The van der Waals surface area contributed by atoms with Crippen molar-refractivity contribution in [3.05, 3.63) is 52.3 Å². The topological polar surface area (TPSA) is 29.9 Å². The van der Waals surface area contributed by atoms with E-state index in [-0.39, 0.29) is 6.04 Å². The van der Waals surface area contributed by atoms with Gasteiger partial charge in [0.1, 0.15) is 0 Å². The number of hydrogen-bond acceptors (Lipinski definition) is 2. The smallest absolute Gasteiger partial charge is 0.0839 e. The van der Waals surface area contributed by atoms with E-state index in [0.717, 1.165) is 16.7 Å². The number of rotatable bonds is 4. The number of benzene rings is 1. The van der Waals surface area contributed by atoms with Crippen molar-refractivity contribution in [2.24, 2.45) is 7.05 Å². The molecule has 0 fully saturated rings. The molecule has 0 aliphatic heterocycles. The van der Waals surface area contributed by atoms with E-state index in [4.69, 9.17) is 0 Å². The van der Waals surface area contributed by atoms with Crippen LogP contribution < -0.4 is 5.32 Å². The van der Waals surface area contributed by atoms with Gasteiger partial charge in [-0.05, 0) is 24.2 Å². The summed E-state index contributed by atoms with van der Waals surface area (Å²) in [6, 6.07) is 10.4. The Balaban J connectivity index is 2.39. The van der Waals surface area contributed by atoms with Gasteiger partial charge in [-0.15, -0.1) is 0 Å². The van der Waals surface area contributed by atoms with Gasteiger partial charge in [-0.3, -0.25) is 4.68 Å². The van der Waals surface area contributed by atoms with Crippen LogP contribution in [0.25, 0.3) is 0 Å². The number of halogens is 1. The largest absolute Gasteiger partial charge is 0.305 e. The van der Waals surface area contributed by atoms with E-state index in [1.54, 1.807) is 0 Å². The van der Waals surface area contributed by atoms with E-state index in [1.807, 2.05) is 36.1 Å². The van der Waals surface area contributed by atoms with Crippen molar-refractivity contribution >= 4 is 15.9 Å². The molecular formula is C13H16BrN3. The molecule has 3 nitrogen and oxygen atoms in total. The quantitative estimate of drug-likeness (QED) is 0.939. The van der Waals surface area contributed by atoms with E-state index in [9.17, 15) is 0 Å². The van der Waals surface area contributed by atoms with Crippen molar-refractivity contribution < 1.29 is 0 Å². The summed E-state index contributed by atoms with van der Waals surface area (Å²) < 4.78 is 2.94. The van der Waals surface area contributed by atoms with Gasteiger partial charge in [-0.25, -0.2) is 0 Å². The Hall–Kier alpha value is -1.13. The lowest BCUT2D eigenvalue weighted by atomic mass is 10.0. The molecule has 1 heterocycles. The summed E-state index contributed by atoms with van der Waals surface area (Å²) in [5.41, 5.74) is 2.26. The summed E-state index contributed by atoms with van der Waals surface area (Å²) in [6.45, 7) is 3.01. The normalized spacial score (nSPS) is 12.6. The third kappa shape index (κ3) is 2.76.